The predicted molar refractivity (Wildman–Crippen MR) is 75.5 cm³/mol. The molecule has 2 rings (SSSR count). The van der Waals surface area contributed by atoms with Gasteiger partial charge < -0.3 is 15.4 Å². The van der Waals surface area contributed by atoms with Crippen LogP contribution in [0.1, 0.15) is 24.8 Å². The molecule has 1 aliphatic rings. The Morgan fingerprint density at radius 3 is 2.45 bits per heavy atom. The number of carbonyl (C=O) groups is 2. The Morgan fingerprint density at radius 1 is 1.20 bits per heavy atom. The van der Waals surface area contributed by atoms with Crippen molar-refractivity contribution in [2.75, 3.05) is 20.2 Å². The van der Waals surface area contributed by atoms with E-state index >= 15 is 0 Å². The molecule has 0 heterocycles. The lowest BCUT2D eigenvalue weighted by atomic mass is 10.1. The monoisotopic (exact) mass is 276 g/mol. The molecule has 1 aliphatic carbocycles. The summed E-state index contributed by atoms with van der Waals surface area (Å²) >= 11 is 0. The number of hydrogen-bond acceptors (Lipinski definition) is 3. The zero-order chi connectivity index (χ0) is 14.5. The van der Waals surface area contributed by atoms with Gasteiger partial charge in [0.1, 0.15) is 5.75 Å². The number of nitrogens with one attached hydrogen (secondary N) is 2. The molecule has 2 N–H and O–H groups in total. The Labute approximate surface area is 118 Å². The molecule has 5 nitrogen and oxygen atoms in total. The van der Waals surface area contributed by atoms with Gasteiger partial charge in [0.15, 0.2) is 0 Å². The molecule has 1 aromatic carbocycles. The molecule has 1 saturated carbocycles. The van der Waals surface area contributed by atoms with Crippen molar-refractivity contribution in [2.24, 2.45) is 5.92 Å². The zero-order valence-corrected chi connectivity index (χ0v) is 11.8. The van der Waals surface area contributed by atoms with Crippen molar-refractivity contribution in [1.82, 2.24) is 10.6 Å². The van der Waals surface area contributed by atoms with Crippen LogP contribution in [-0.2, 0) is 9.59 Å². The first kappa shape index (κ1) is 14.4. The minimum atomic E-state index is -0.0817. The van der Waals surface area contributed by atoms with E-state index in [4.69, 9.17) is 4.74 Å². The molecule has 0 spiro atoms. The second-order valence-corrected chi connectivity index (χ2v) is 5.00. The van der Waals surface area contributed by atoms with Crippen LogP contribution in [0.25, 0.3) is 0 Å². The summed E-state index contributed by atoms with van der Waals surface area (Å²) in [7, 11) is 1.64. The van der Waals surface area contributed by atoms with Gasteiger partial charge in [0.25, 0.3) is 0 Å². The van der Waals surface area contributed by atoms with E-state index in [0.29, 0.717) is 19.0 Å². The van der Waals surface area contributed by atoms with Gasteiger partial charge in [0.05, 0.1) is 7.11 Å². The third kappa shape index (κ3) is 3.73. The van der Waals surface area contributed by atoms with Gasteiger partial charge in [0.2, 0.25) is 11.8 Å². The molecule has 20 heavy (non-hydrogen) atoms. The topological polar surface area (TPSA) is 67.4 Å². The van der Waals surface area contributed by atoms with E-state index in [1.54, 1.807) is 7.11 Å². The molecule has 2 atom stereocenters. The fourth-order valence-corrected chi connectivity index (χ4v) is 2.26. The molecule has 2 unspecified atom stereocenters. The van der Waals surface area contributed by atoms with Crippen LogP contribution < -0.4 is 15.4 Å². The molecule has 0 saturated heterocycles. The minimum absolute atomic E-state index is 0.0562. The molecule has 0 radical (unpaired) electrons. The van der Waals surface area contributed by atoms with Crippen LogP contribution in [0.2, 0.25) is 0 Å². The van der Waals surface area contributed by atoms with Gasteiger partial charge in [-0.05, 0) is 30.0 Å². The summed E-state index contributed by atoms with van der Waals surface area (Å²) in [6.45, 7) is 2.41. The predicted octanol–water partition coefficient (Wildman–Crippen LogP) is 1.05. The zero-order valence-electron chi connectivity index (χ0n) is 11.8. The summed E-state index contributed by atoms with van der Waals surface area (Å²) in [5.41, 5.74) is 1.17. The summed E-state index contributed by atoms with van der Waals surface area (Å²) in [4.78, 5) is 22.6. The quantitative estimate of drug-likeness (QED) is 0.763. The fraction of sp³-hybridized carbons (Fsp3) is 0.467. The molecule has 0 bridgehead atoms. The third-order valence-corrected chi connectivity index (χ3v) is 3.47. The molecule has 2 amide bonds. The highest BCUT2D eigenvalue weighted by Crippen LogP contribution is 2.47. The van der Waals surface area contributed by atoms with E-state index in [1.165, 1.54) is 12.5 Å². The van der Waals surface area contributed by atoms with Crippen molar-refractivity contribution in [2.45, 2.75) is 19.3 Å². The van der Waals surface area contributed by atoms with Crippen molar-refractivity contribution in [3.8, 4) is 5.75 Å². The van der Waals surface area contributed by atoms with Crippen LogP contribution in [0.15, 0.2) is 24.3 Å². The van der Waals surface area contributed by atoms with Crippen LogP contribution in [-0.4, -0.2) is 32.0 Å². The number of ether oxygens (including phenoxy) is 1. The first-order valence-corrected chi connectivity index (χ1v) is 6.78. The maximum absolute atomic E-state index is 11.9. The first-order valence-electron chi connectivity index (χ1n) is 6.78. The molecule has 0 aromatic heterocycles. The van der Waals surface area contributed by atoms with E-state index in [-0.39, 0.29) is 17.7 Å². The van der Waals surface area contributed by atoms with Crippen molar-refractivity contribution < 1.29 is 14.3 Å². The van der Waals surface area contributed by atoms with Crippen molar-refractivity contribution in [3.05, 3.63) is 29.8 Å². The molecule has 5 heteroatoms. The number of hydrogen-bond donors (Lipinski definition) is 2. The van der Waals surface area contributed by atoms with Gasteiger partial charge in [0, 0.05) is 25.9 Å². The van der Waals surface area contributed by atoms with Crippen LogP contribution in [0.4, 0.5) is 0 Å². The summed E-state index contributed by atoms with van der Waals surface area (Å²) in [5.74, 6) is 1.17. The molecule has 0 aliphatic heterocycles. The lowest BCUT2D eigenvalue weighted by molar-refractivity contribution is -0.123. The Balaban J connectivity index is 1.75. The smallest absolute Gasteiger partial charge is 0.223 e. The maximum atomic E-state index is 11.9. The van der Waals surface area contributed by atoms with Gasteiger partial charge in [-0.2, -0.15) is 0 Å². The summed E-state index contributed by atoms with van der Waals surface area (Å²) in [6.07, 6.45) is 0.887. The Morgan fingerprint density at radius 2 is 1.85 bits per heavy atom. The largest absolute Gasteiger partial charge is 0.497 e. The highest BCUT2D eigenvalue weighted by Gasteiger charge is 2.43. The molecule has 1 fully saturated rings. The lowest BCUT2D eigenvalue weighted by Crippen LogP contribution is -2.34. The first-order chi connectivity index (χ1) is 9.61. The van der Waals surface area contributed by atoms with Crippen molar-refractivity contribution >= 4 is 11.8 Å². The second kappa shape index (κ2) is 6.41. The van der Waals surface area contributed by atoms with E-state index < -0.39 is 0 Å². The Hall–Kier alpha value is -2.04. The SMILES string of the molecule is COc1ccc(C2CC2C(=O)NCCNC(C)=O)cc1. The van der Waals surface area contributed by atoms with Crippen molar-refractivity contribution in [1.29, 1.82) is 0 Å². The van der Waals surface area contributed by atoms with Crippen LogP contribution in [0.3, 0.4) is 0 Å². The van der Waals surface area contributed by atoms with Gasteiger partial charge in [-0.15, -0.1) is 0 Å². The molecular weight excluding hydrogens is 256 g/mol. The average Bonchev–Trinajstić information content (AvgIpc) is 3.24. The average molecular weight is 276 g/mol. The van der Waals surface area contributed by atoms with Crippen LogP contribution in [0, 0.1) is 5.92 Å². The highest BCUT2D eigenvalue weighted by atomic mass is 16.5. The number of carbonyl (C=O) groups excluding carboxylic acids is 2. The van der Waals surface area contributed by atoms with Gasteiger partial charge >= 0.3 is 0 Å². The fourth-order valence-electron chi connectivity index (χ4n) is 2.26. The number of rotatable bonds is 6. The summed E-state index contributed by atoms with van der Waals surface area (Å²) in [6, 6.07) is 7.85. The van der Waals surface area contributed by atoms with Crippen molar-refractivity contribution in [3.63, 3.8) is 0 Å². The van der Waals surface area contributed by atoms with Crippen LogP contribution >= 0.6 is 0 Å². The number of benzene rings is 1. The van der Waals surface area contributed by atoms with E-state index in [9.17, 15) is 9.59 Å². The standard InChI is InChI=1S/C15H20N2O3/c1-10(18)16-7-8-17-15(19)14-9-13(14)11-3-5-12(20-2)6-4-11/h3-6,13-14H,7-9H2,1-2H3,(H,16,18)(H,17,19). The maximum Gasteiger partial charge on any atom is 0.223 e. The van der Waals surface area contributed by atoms with Gasteiger partial charge in [-0.1, -0.05) is 12.1 Å². The van der Waals surface area contributed by atoms with E-state index in [0.717, 1.165) is 12.2 Å². The van der Waals surface area contributed by atoms with E-state index in [2.05, 4.69) is 10.6 Å². The minimum Gasteiger partial charge on any atom is -0.497 e. The van der Waals surface area contributed by atoms with E-state index in [1.807, 2.05) is 24.3 Å². The summed E-state index contributed by atoms with van der Waals surface area (Å²) < 4.78 is 5.11. The van der Waals surface area contributed by atoms with Crippen LogP contribution in [0.5, 0.6) is 5.75 Å². The molecule has 108 valence electrons. The highest BCUT2D eigenvalue weighted by molar-refractivity contribution is 5.83. The third-order valence-electron chi connectivity index (χ3n) is 3.47. The second-order valence-electron chi connectivity index (χ2n) is 5.00. The normalized spacial score (nSPS) is 20.1. The molecular formula is C15H20N2O3. The molecule has 1 aromatic rings. The Kier molecular flexibility index (Phi) is 4.61. The number of amides is 2. The summed E-state index contributed by atoms with van der Waals surface area (Å²) in [5, 5.41) is 5.49. The van der Waals surface area contributed by atoms with Gasteiger partial charge in [-0.3, -0.25) is 9.59 Å². The Bertz CT molecular complexity index is 484. The van der Waals surface area contributed by atoms with Gasteiger partial charge in [-0.25, -0.2) is 0 Å². The number of methoxy groups -OCH3 is 1. The lowest BCUT2D eigenvalue weighted by Gasteiger charge is -2.06.